The van der Waals surface area contributed by atoms with E-state index in [1.807, 2.05) is 7.05 Å². The van der Waals surface area contributed by atoms with Crippen molar-refractivity contribution in [3.05, 3.63) is 19.8 Å². The fourth-order valence-corrected chi connectivity index (χ4v) is 3.96. The molecule has 2 nitrogen and oxygen atoms in total. The summed E-state index contributed by atoms with van der Waals surface area (Å²) in [7, 11) is 1.98. The van der Waals surface area contributed by atoms with Crippen molar-refractivity contribution in [3.8, 4) is 0 Å². The molecule has 2 unspecified atom stereocenters. The Balaban J connectivity index is 2.14. The highest BCUT2D eigenvalue weighted by Crippen LogP contribution is 2.37. The van der Waals surface area contributed by atoms with Gasteiger partial charge in [-0.25, -0.2) is 0 Å². The van der Waals surface area contributed by atoms with Crippen molar-refractivity contribution in [3.63, 3.8) is 0 Å². The summed E-state index contributed by atoms with van der Waals surface area (Å²) in [5.74, 6) is 0. The molecule has 1 aromatic rings. The molecule has 2 rings (SSSR count). The minimum absolute atomic E-state index is 0.258. The van der Waals surface area contributed by atoms with E-state index in [1.165, 1.54) is 17.7 Å². The van der Waals surface area contributed by atoms with E-state index in [9.17, 15) is 0 Å². The molecular formula is C11H15BrClNOS. The molecule has 5 heteroatoms. The first-order chi connectivity index (χ1) is 7.72. The number of thiophene rings is 1. The number of nitrogens with one attached hydrogen (secondary N) is 1. The molecule has 1 aromatic heterocycles. The summed E-state index contributed by atoms with van der Waals surface area (Å²) in [6, 6.07) is 2.35. The second kappa shape index (κ2) is 5.83. The van der Waals surface area contributed by atoms with Crippen molar-refractivity contribution in [2.75, 3.05) is 13.7 Å². The quantitative estimate of drug-likeness (QED) is 0.907. The molecule has 0 bridgehead atoms. The van der Waals surface area contributed by atoms with Gasteiger partial charge in [-0.05, 0) is 48.3 Å². The Morgan fingerprint density at radius 2 is 2.44 bits per heavy atom. The molecule has 0 saturated carbocycles. The van der Waals surface area contributed by atoms with Crippen LogP contribution in [0.1, 0.15) is 30.2 Å². The zero-order valence-corrected chi connectivity index (χ0v) is 12.3. The van der Waals surface area contributed by atoms with Gasteiger partial charge in [-0.15, -0.1) is 11.3 Å². The summed E-state index contributed by atoms with van der Waals surface area (Å²) < 4.78 is 7.61. The molecule has 0 aliphatic carbocycles. The van der Waals surface area contributed by atoms with Gasteiger partial charge >= 0.3 is 0 Å². The van der Waals surface area contributed by atoms with Crippen molar-refractivity contribution in [2.24, 2.45) is 0 Å². The molecule has 1 aliphatic heterocycles. The number of hydrogen-bond donors (Lipinski definition) is 1. The van der Waals surface area contributed by atoms with Crippen molar-refractivity contribution < 1.29 is 4.74 Å². The van der Waals surface area contributed by atoms with Crippen molar-refractivity contribution in [2.45, 2.75) is 31.4 Å². The fourth-order valence-electron chi connectivity index (χ4n) is 2.06. The molecule has 1 aliphatic rings. The average molecular weight is 325 g/mol. The SMILES string of the molecule is CNC(c1cc(Br)c(Cl)s1)C1CCCCO1. The predicted molar refractivity (Wildman–Crippen MR) is 72.4 cm³/mol. The molecule has 16 heavy (non-hydrogen) atoms. The van der Waals surface area contributed by atoms with Gasteiger partial charge in [0.15, 0.2) is 0 Å². The van der Waals surface area contributed by atoms with Crippen LogP contribution in [0, 0.1) is 0 Å². The fraction of sp³-hybridized carbons (Fsp3) is 0.636. The lowest BCUT2D eigenvalue weighted by Crippen LogP contribution is -2.33. The maximum Gasteiger partial charge on any atom is 0.107 e. The normalized spacial score (nSPS) is 23.3. The molecule has 0 amide bonds. The standard InChI is InChI=1S/C11H15BrClNOS/c1-14-10(8-4-2-3-5-15-8)9-6-7(12)11(13)16-9/h6,8,10,14H,2-5H2,1H3. The summed E-state index contributed by atoms with van der Waals surface area (Å²) in [6.45, 7) is 0.878. The van der Waals surface area contributed by atoms with E-state index in [1.54, 1.807) is 11.3 Å². The van der Waals surface area contributed by atoms with Gasteiger partial charge in [0.2, 0.25) is 0 Å². The van der Waals surface area contributed by atoms with Crippen LogP contribution in [-0.2, 0) is 4.74 Å². The topological polar surface area (TPSA) is 21.3 Å². The molecular weight excluding hydrogens is 310 g/mol. The van der Waals surface area contributed by atoms with Crippen LogP contribution in [0.25, 0.3) is 0 Å². The molecule has 2 heterocycles. The van der Waals surface area contributed by atoms with Crippen LogP contribution in [0.5, 0.6) is 0 Å². The van der Waals surface area contributed by atoms with Crippen LogP contribution >= 0.6 is 38.9 Å². The smallest absolute Gasteiger partial charge is 0.107 e. The van der Waals surface area contributed by atoms with E-state index in [4.69, 9.17) is 16.3 Å². The number of likely N-dealkylation sites (N-methyl/N-ethyl adjacent to an activating group) is 1. The predicted octanol–water partition coefficient (Wildman–Crippen LogP) is 3.99. The highest BCUT2D eigenvalue weighted by molar-refractivity contribution is 9.10. The Morgan fingerprint density at radius 1 is 1.62 bits per heavy atom. The first kappa shape index (κ1) is 12.8. The van der Waals surface area contributed by atoms with E-state index < -0.39 is 0 Å². The van der Waals surface area contributed by atoms with Crippen LogP contribution in [0.15, 0.2) is 10.5 Å². The first-order valence-corrected chi connectivity index (χ1v) is 7.44. The summed E-state index contributed by atoms with van der Waals surface area (Å²) >= 11 is 11.1. The van der Waals surface area contributed by atoms with E-state index in [-0.39, 0.29) is 12.1 Å². The molecule has 0 aromatic carbocycles. The van der Waals surface area contributed by atoms with Crippen molar-refractivity contribution >= 4 is 38.9 Å². The second-order valence-corrected chi connectivity index (χ2v) is 6.48. The third-order valence-corrected chi connectivity index (χ3v) is 5.43. The van der Waals surface area contributed by atoms with Crippen molar-refractivity contribution in [1.29, 1.82) is 0 Å². The summed E-state index contributed by atoms with van der Waals surface area (Å²) in [5, 5.41) is 3.33. The van der Waals surface area contributed by atoms with Gasteiger partial charge in [-0.2, -0.15) is 0 Å². The first-order valence-electron chi connectivity index (χ1n) is 5.46. The third-order valence-electron chi connectivity index (χ3n) is 2.87. The maximum absolute atomic E-state index is 6.07. The van der Waals surface area contributed by atoms with Gasteiger partial charge in [0.25, 0.3) is 0 Å². The molecule has 0 spiro atoms. The lowest BCUT2D eigenvalue weighted by Gasteiger charge is -2.29. The Kier molecular flexibility index (Phi) is 4.67. The van der Waals surface area contributed by atoms with Crippen LogP contribution in [0.3, 0.4) is 0 Å². The number of ether oxygens (including phenoxy) is 1. The average Bonchev–Trinajstić information content (AvgIpc) is 2.61. The number of halogens is 2. The van der Waals surface area contributed by atoms with Gasteiger partial charge in [0.05, 0.1) is 12.1 Å². The van der Waals surface area contributed by atoms with Gasteiger partial charge in [0, 0.05) is 16.0 Å². The maximum atomic E-state index is 6.07. The van der Waals surface area contributed by atoms with Gasteiger partial charge in [0.1, 0.15) is 4.34 Å². The van der Waals surface area contributed by atoms with Crippen LogP contribution in [0.4, 0.5) is 0 Å². The number of rotatable bonds is 3. The summed E-state index contributed by atoms with van der Waals surface area (Å²) in [5.41, 5.74) is 0. The largest absolute Gasteiger partial charge is 0.376 e. The van der Waals surface area contributed by atoms with Crippen LogP contribution in [-0.4, -0.2) is 19.8 Å². The molecule has 2 atom stereocenters. The lowest BCUT2D eigenvalue weighted by molar-refractivity contribution is -0.00589. The Labute approximate surface area is 113 Å². The molecule has 1 fully saturated rings. The van der Waals surface area contributed by atoms with Gasteiger partial charge in [-0.3, -0.25) is 0 Å². The van der Waals surface area contributed by atoms with E-state index >= 15 is 0 Å². The second-order valence-electron chi connectivity index (χ2n) is 3.94. The minimum Gasteiger partial charge on any atom is -0.376 e. The van der Waals surface area contributed by atoms with Crippen molar-refractivity contribution in [1.82, 2.24) is 5.32 Å². The van der Waals surface area contributed by atoms with Crippen LogP contribution < -0.4 is 5.32 Å². The Morgan fingerprint density at radius 3 is 2.94 bits per heavy atom. The monoisotopic (exact) mass is 323 g/mol. The molecule has 90 valence electrons. The van der Waals surface area contributed by atoms with Crippen LogP contribution in [0.2, 0.25) is 4.34 Å². The van der Waals surface area contributed by atoms with E-state index in [0.29, 0.717) is 0 Å². The highest BCUT2D eigenvalue weighted by atomic mass is 79.9. The zero-order valence-electron chi connectivity index (χ0n) is 9.13. The van der Waals surface area contributed by atoms with Gasteiger partial charge in [-0.1, -0.05) is 11.6 Å². The molecule has 1 saturated heterocycles. The zero-order chi connectivity index (χ0) is 11.5. The molecule has 0 radical (unpaired) electrons. The Bertz CT molecular complexity index is 332. The third kappa shape index (κ3) is 2.79. The van der Waals surface area contributed by atoms with E-state index in [0.717, 1.165) is 21.8 Å². The lowest BCUT2D eigenvalue weighted by atomic mass is 10.0. The molecule has 1 N–H and O–H groups in total. The Hall–Kier alpha value is 0.390. The van der Waals surface area contributed by atoms with Gasteiger partial charge < -0.3 is 10.1 Å². The minimum atomic E-state index is 0.258. The van der Waals surface area contributed by atoms with E-state index in [2.05, 4.69) is 27.3 Å². The highest BCUT2D eigenvalue weighted by Gasteiger charge is 2.26. The summed E-state index contributed by atoms with van der Waals surface area (Å²) in [4.78, 5) is 1.24. The summed E-state index contributed by atoms with van der Waals surface area (Å²) in [6.07, 6.45) is 3.84. The number of hydrogen-bond acceptors (Lipinski definition) is 3.